The van der Waals surface area contributed by atoms with E-state index in [1.54, 1.807) is 6.07 Å². The predicted molar refractivity (Wildman–Crippen MR) is 68.0 cm³/mol. The molecule has 1 aromatic heterocycles. The molecule has 1 atom stereocenters. The number of hydrogen-bond acceptors (Lipinski definition) is 2. The van der Waals surface area contributed by atoms with Gasteiger partial charge in [0.15, 0.2) is 0 Å². The highest BCUT2D eigenvalue weighted by molar-refractivity contribution is 7.20. The van der Waals surface area contributed by atoms with Gasteiger partial charge in [-0.05, 0) is 18.4 Å². The van der Waals surface area contributed by atoms with Crippen LogP contribution in [0.3, 0.4) is 0 Å². The van der Waals surface area contributed by atoms with Crippen LogP contribution in [-0.4, -0.2) is 5.11 Å². The van der Waals surface area contributed by atoms with E-state index in [9.17, 15) is 5.11 Å². The van der Waals surface area contributed by atoms with Gasteiger partial charge < -0.3 is 5.11 Å². The molecule has 0 aliphatic carbocycles. The Morgan fingerprint density at radius 3 is 2.47 bits per heavy atom. The number of aliphatic hydroxyl groups excluding tert-OH is 1. The second-order valence-corrected chi connectivity index (χ2v) is 6.41. The highest BCUT2D eigenvalue weighted by Gasteiger charge is 2.14. The monoisotopic (exact) mass is 266 g/mol. The smallest absolute Gasteiger partial charge is 0.100 e. The minimum Gasteiger partial charge on any atom is -0.388 e. The summed E-state index contributed by atoms with van der Waals surface area (Å²) in [6, 6.07) is 1.76. The summed E-state index contributed by atoms with van der Waals surface area (Å²) in [5, 5.41) is 9.89. The molecule has 4 heteroatoms. The highest BCUT2D eigenvalue weighted by Crippen LogP contribution is 2.36. The van der Waals surface area contributed by atoms with Gasteiger partial charge in [0.1, 0.15) is 4.34 Å². The first-order chi connectivity index (χ1) is 7.00. The number of aliphatic hydroxyl groups is 1. The van der Waals surface area contributed by atoms with Gasteiger partial charge in [0.05, 0.1) is 10.4 Å². The summed E-state index contributed by atoms with van der Waals surface area (Å²) in [7, 11) is 0. The normalized spacial score (nSPS) is 13.5. The van der Waals surface area contributed by atoms with Crippen LogP contribution in [0.1, 0.15) is 44.8 Å². The molecule has 0 radical (unpaired) electrons. The van der Waals surface area contributed by atoms with E-state index in [4.69, 9.17) is 23.2 Å². The van der Waals surface area contributed by atoms with Crippen molar-refractivity contribution in [1.29, 1.82) is 0 Å². The Hall–Kier alpha value is 0.240. The van der Waals surface area contributed by atoms with Crippen molar-refractivity contribution in [3.8, 4) is 0 Å². The molecule has 0 fully saturated rings. The maximum atomic E-state index is 9.89. The van der Waals surface area contributed by atoms with Gasteiger partial charge in [0.2, 0.25) is 0 Å². The fraction of sp³-hybridized carbons (Fsp3) is 0.636. The average molecular weight is 267 g/mol. The molecule has 1 N–H and O–H groups in total. The van der Waals surface area contributed by atoms with Crippen LogP contribution < -0.4 is 0 Å². The minimum atomic E-state index is -0.472. The summed E-state index contributed by atoms with van der Waals surface area (Å²) in [5.74, 6) is 0.679. The second kappa shape index (κ2) is 6.09. The van der Waals surface area contributed by atoms with Crippen LogP contribution >= 0.6 is 34.5 Å². The van der Waals surface area contributed by atoms with Crippen LogP contribution in [0.15, 0.2) is 6.07 Å². The van der Waals surface area contributed by atoms with E-state index < -0.39 is 6.10 Å². The van der Waals surface area contributed by atoms with Crippen LogP contribution in [-0.2, 0) is 0 Å². The van der Waals surface area contributed by atoms with E-state index >= 15 is 0 Å². The van der Waals surface area contributed by atoms with E-state index in [1.165, 1.54) is 11.3 Å². The third-order valence-electron chi connectivity index (χ3n) is 2.30. The zero-order valence-corrected chi connectivity index (χ0v) is 11.3. The standard InChI is InChI=1S/C11H16Cl2OS/c1-7(2)4-3-5-9(14)8-6-10(12)15-11(8)13/h6-7,9,14H,3-5H2,1-2H3. The molecule has 1 heterocycles. The topological polar surface area (TPSA) is 20.2 Å². The van der Waals surface area contributed by atoms with Crippen LogP contribution in [0.4, 0.5) is 0 Å². The summed E-state index contributed by atoms with van der Waals surface area (Å²) >= 11 is 13.1. The molecule has 0 spiro atoms. The lowest BCUT2D eigenvalue weighted by molar-refractivity contribution is 0.162. The molecule has 0 saturated heterocycles. The zero-order valence-electron chi connectivity index (χ0n) is 8.96. The molecule has 1 rings (SSSR count). The molecular formula is C11H16Cl2OS. The van der Waals surface area contributed by atoms with E-state index in [-0.39, 0.29) is 0 Å². The van der Waals surface area contributed by atoms with Crippen LogP contribution in [0.5, 0.6) is 0 Å². The summed E-state index contributed by atoms with van der Waals surface area (Å²) in [6.45, 7) is 4.36. The number of rotatable bonds is 5. The van der Waals surface area contributed by atoms with Crippen molar-refractivity contribution in [1.82, 2.24) is 0 Å². The molecule has 1 aromatic rings. The van der Waals surface area contributed by atoms with Crippen LogP contribution in [0.25, 0.3) is 0 Å². The highest BCUT2D eigenvalue weighted by atomic mass is 35.5. The molecule has 0 aromatic carbocycles. The van der Waals surface area contributed by atoms with Gasteiger partial charge in [-0.15, -0.1) is 11.3 Å². The maximum Gasteiger partial charge on any atom is 0.100 e. The van der Waals surface area contributed by atoms with Crippen molar-refractivity contribution in [3.05, 3.63) is 20.3 Å². The summed E-state index contributed by atoms with van der Waals surface area (Å²) in [6.07, 6.45) is 2.43. The lowest BCUT2D eigenvalue weighted by Gasteiger charge is -2.10. The first kappa shape index (κ1) is 13.3. The number of hydrogen-bond donors (Lipinski definition) is 1. The largest absolute Gasteiger partial charge is 0.388 e. The van der Waals surface area contributed by atoms with Crippen molar-refractivity contribution in [3.63, 3.8) is 0 Å². The fourth-order valence-corrected chi connectivity index (χ4v) is 3.02. The second-order valence-electron chi connectivity index (χ2n) is 4.12. The van der Waals surface area contributed by atoms with E-state index in [0.717, 1.165) is 24.8 Å². The average Bonchev–Trinajstić information content (AvgIpc) is 2.44. The summed E-state index contributed by atoms with van der Waals surface area (Å²) < 4.78 is 1.25. The van der Waals surface area contributed by atoms with Gasteiger partial charge in [-0.2, -0.15) is 0 Å². The van der Waals surface area contributed by atoms with Gasteiger partial charge in [-0.25, -0.2) is 0 Å². The van der Waals surface area contributed by atoms with Gasteiger partial charge in [-0.1, -0.05) is 49.9 Å². The van der Waals surface area contributed by atoms with E-state index in [0.29, 0.717) is 14.6 Å². The maximum absolute atomic E-state index is 9.89. The number of halogens is 2. The van der Waals surface area contributed by atoms with Crippen LogP contribution in [0, 0.1) is 5.92 Å². The zero-order chi connectivity index (χ0) is 11.4. The van der Waals surface area contributed by atoms with E-state index in [2.05, 4.69) is 13.8 Å². The number of thiophene rings is 1. The van der Waals surface area contributed by atoms with E-state index in [1.807, 2.05) is 0 Å². The van der Waals surface area contributed by atoms with Crippen molar-refractivity contribution in [2.45, 2.75) is 39.2 Å². The van der Waals surface area contributed by atoms with Gasteiger partial charge in [0.25, 0.3) is 0 Å². The molecule has 1 nitrogen and oxygen atoms in total. The fourth-order valence-electron chi connectivity index (χ4n) is 1.46. The Kier molecular flexibility index (Phi) is 5.41. The molecule has 0 aliphatic heterocycles. The van der Waals surface area contributed by atoms with Gasteiger partial charge in [0, 0.05) is 5.56 Å². The minimum absolute atomic E-state index is 0.472. The van der Waals surface area contributed by atoms with Crippen molar-refractivity contribution in [2.24, 2.45) is 5.92 Å². The Labute approximate surface area is 105 Å². The lowest BCUT2D eigenvalue weighted by Crippen LogP contribution is -1.97. The molecule has 0 amide bonds. The van der Waals surface area contributed by atoms with Gasteiger partial charge >= 0.3 is 0 Å². The Morgan fingerprint density at radius 2 is 2.00 bits per heavy atom. The molecule has 0 aliphatic rings. The SMILES string of the molecule is CC(C)CCCC(O)c1cc(Cl)sc1Cl. The third-order valence-corrected chi connectivity index (χ3v) is 3.82. The van der Waals surface area contributed by atoms with Crippen molar-refractivity contribution >= 4 is 34.5 Å². The van der Waals surface area contributed by atoms with Gasteiger partial charge in [-0.3, -0.25) is 0 Å². The molecule has 0 bridgehead atoms. The third kappa shape index (κ3) is 4.31. The molecule has 1 unspecified atom stereocenters. The molecular weight excluding hydrogens is 251 g/mol. The predicted octanol–water partition coefficient (Wildman–Crippen LogP) is 4.91. The quantitative estimate of drug-likeness (QED) is 0.803. The lowest BCUT2D eigenvalue weighted by atomic mass is 10.0. The molecule has 0 saturated carbocycles. The van der Waals surface area contributed by atoms with Crippen molar-refractivity contribution in [2.75, 3.05) is 0 Å². The molecule has 86 valence electrons. The summed E-state index contributed by atoms with van der Waals surface area (Å²) in [4.78, 5) is 0. The first-order valence-corrected chi connectivity index (χ1v) is 6.70. The van der Waals surface area contributed by atoms with Crippen molar-refractivity contribution < 1.29 is 5.11 Å². The Balaban J connectivity index is 2.46. The Morgan fingerprint density at radius 1 is 1.33 bits per heavy atom. The summed E-state index contributed by atoms with van der Waals surface area (Å²) in [5.41, 5.74) is 0.774. The Bertz CT molecular complexity index is 310. The van der Waals surface area contributed by atoms with Crippen LogP contribution in [0.2, 0.25) is 8.67 Å². The first-order valence-electron chi connectivity index (χ1n) is 5.13. The molecule has 15 heavy (non-hydrogen) atoms.